The smallest absolute Gasteiger partial charge is 0.138 e. The molecule has 0 radical (unpaired) electrons. The van der Waals surface area contributed by atoms with Crippen molar-refractivity contribution in [3.8, 4) is 10.8 Å². The molecule has 12 heavy (non-hydrogen) atoms. The van der Waals surface area contributed by atoms with Crippen molar-refractivity contribution in [3.63, 3.8) is 0 Å². The van der Waals surface area contributed by atoms with Gasteiger partial charge in [0.2, 0.25) is 0 Å². The summed E-state index contributed by atoms with van der Waals surface area (Å²) in [5.74, 6) is 0. The van der Waals surface area contributed by atoms with Gasteiger partial charge in [-0.2, -0.15) is 10.5 Å². The van der Waals surface area contributed by atoms with Crippen LogP contribution in [0, 0.1) is 21.3 Å². The van der Waals surface area contributed by atoms with Gasteiger partial charge in [0.15, 0.2) is 0 Å². The molecule has 0 atom stereocenters. The van der Waals surface area contributed by atoms with Gasteiger partial charge in [0.1, 0.15) is 10.8 Å². The lowest BCUT2D eigenvalue weighted by atomic mass is 10.2. The Bertz CT molecular complexity index is 272. The minimum Gasteiger partial charge on any atom is -0.185 e. The van der Waals surface area contributed by atoms with Crippen LogP contribution in [0.25, 0.3) is 0 Å². The van der Waals surface area contributed by atoms with E-state index in [2.05, 4.69) is 0 Å². The van der Waals surface area contributed by atoms with E-state index in [1.54, 1.807) is 0 Å². The molecule has 1 aliphatic rings. The van der Waals surface area contributed by atoms with E-state index < -0.39 is 0 Å². The van der Waals surface area contributed by atoms with Crippen molar-refractivity contribution < 1.29 is 0 Å². The van der Waals surface area contributed by atoms with Crippen molar-refractivity contribution in [2.24, 2.45) is 0 Å². The Balaban J connectivity index is 2.56. The molecular weight excluding hydrogens is 188 g/mol. The fourth-order valence-corrected chi connectivity index (χ4v) is 1.80. The van der Waals surface area contributed by atoms with Gasteiger partial charge in [-0.1, -0.05) is 12.2 Å². The highest BCUT2D eigenvalue weighted by Crippen LogP contribution is 2.31. The number of hydrogen-bond acceptors (Lipinski definition) is 4. The van der Waals surface area contributed by atoms with E-state index in [9.17, 15) is 0 Å². The van der Waals surface area contributed by atoms with Crippen molar-refractivity contribution in [3.05, 3.63) is 22.0 Å². The van der Waals surface area contributed by atoms with Gasteiger partial charge in [-0.05, 0) is 36.4 Å². The molecule has 0 bridgehead atoms. The summed E-state index contributed by atoms with van der Waals surface area (Å²) in [4.78, 5) is 2.17. The number of hydrogen-bond donors (Lipinski definition) is 0. The van der Waals surface area contributed by atoms with Gasteiger partial charge >= 0.3 is 0 Å². The van der Waals surface area contributed by atoms with E-state index in [-0.39, 0.29) is 0 Å². The van der Waals surface area contributed by atoms with Crippen LogP contribution in [0.1, 0.15) is 12.8 Å². The minimum atomic E-state index is 0.888. The van der Waals surface area contributed by atoms with E-state index in [4.69, 9.17) is 10.5 Å². The maximum Gasteiger partial charge on any atom is 0.138 e. The maximum absolute atomic E-state index is 8.38. The first kappa shape index (κ1) is 9.25. The number of thioether (sulfide) groups is 2. The number of nitriles is 2. The Morgan fingerprint density at radius 3 is 1.67 bits per heavy atom. The lowest BCUT2D eigenvalue weighted by Crippen LogP contribution is -1.86. The molecule has 0 amide bonds. The molecule has 4 heteroatoms. The zero-order valence-electron chi connectivity index (χ0n) is 6.28. The summed E-state index contributed by atoms with van der Waals surface area (Å²) in [7, 11) is 0. The van der Waals surface area contributed by atoms with Crippen LogP contribution in [-0.4, -0.2) is 0 Å². The van der Waals surface area contributed by atoms with Crippen molar-refractivity contribution in [1.82, 2.24) is 0 Å². The van der Waals surface area contributed by atoms with Gasteiger partial charge in [0.05, 0.1) is 0 Å². The molecule has 1 rings (SSSR count). The van der Waals surface area contributed by atoms with Gasteiger partial charge in [-0.15, -0.1) is 0 Å². The van der Waals surface area contributed by atoms with Crippen LogP contribution in [0.15, 0.2) is 22.0 Å². The van der Waals surface area contributed by atoms with E-state index in [1.807, 2.05) is 23.0 Å². The van der Waals surface area contributed by atoms with Crippen LogP contribution in [0.2, 0.25) is 0 Å². The normalized spacial score (nSPS) is 15.5. The third-order valence-electron chi connectivity index (χ3n) is 1.43. The van der Waals surface area contributed by atoms with E-state index in [0.717, 1.165) is 22.7 Å². The third-order valence-corrected chi connectivity index (χ3v) is 2.81. The molecule has 0 saturated carbocycles. The lowest BCUT2D eigenvalue weighted by Gasteiger charge is -2.07. The highest BCUT2D eigenvalue weighted by atomic mass is 32.2. The number of thiocyanates is 2. The zero-order chi connectivity index (χ0) is 8.81. The molecule has 0 saturated heterocycles. The highest BCUT2D eigenvalue weighted by Gasteiger charge is 2.06. The summed E-state index contributed by atoms with van der Waals surface area (Å²) >= 11 is 2.40. The van der Waals surface area contributed by atoms with Crippen molar-refractivity contribution in [2.75, 3.05) is 0 Å². The Morgan fingerprint density at radius 1 is 1.00 bits per heavy atom. The standard InChI is InChI=1S/C8H6N2S2/c9-5-11-7-1-2-8(4-3-7)12-6-10/h1-2H,3-4H2. The van der Waals surface area contributed by atoms with Gasteiger partial charge in [0, 0.05) is 9.81 Å². The van der Waals surface area contributed by atoms with Gasteiger partial charge in [-0.3, -0.25) is 0 Å². The number of allylic oxidation sites excluding steroid dienone is 4. The third kappa shape index (κ3) is 2.65. The monoisotopic (exact) mass is 194 g/mol. The molecule has 0 fully saturated rings. The molecule has 0 aromatic carbocycles. The Morgan fingerprint density at radius 2 is 1.42 bits per heavy atom. The summed E-state index contributed by atoms with van der Waals surface area (Å²) in [5, 5.41) is 20.8. The predicted octanol–water partition coefficient (Wildman–Crippen LogP) is 2.98. The molecular formula is C8H6N2S2. The largest absolute Gasteiger partial charge is 0.185 e. The first-order valence-electron chi connectivity index (χ1n) is 3.38. The molecule has 0 N–H and O–H groups in total. The molecule has 60 valence electrons. The second kappa shape index (κ2) is 4.92. The Labute approximate surface area is 79.9 Å². The molecule has 0 aromatic rings. The zero-order valence-corrected chi connectivity index (χ0v) is 7.91. The molecule has 0 unspecified atom stereocenters. The Kier molecular flexibility index (Phi) is 3.79. The lowest BCUT2D eigenvalue weighted by molar-refractivity contribution is 1.01. The number of rotatable bonds is 2. The number of nitrogens with zero attached hydrogens (tertiary/aromatic N) is 2. The second-order valence-corrected chi connectivity index (χ2v) is 3.97. The maximum atomic E-state index is 8.38. The summed E-state index contributed by atoms with van der Waals surface area (Å²) in [6.07, 6.45) is 5.60. The molecule has 1 aliphatic carbocycles. The molecule has 2 nitrogen and oxygen atoms in total. The predicted molar refractivity (Wildman–Crippen MR) is 51.8 cm³/mol. The summed E-state index contributed by atoms with van der Waals surface area (Å²) < 4.78 is 0. The fourth-order valence-electron chi connectivity index (χ4n) is 0.886. The summed E-state index contributed by atoms with van der Waals surface area (Å²) in [6.45, 7) is 0. The van der Waals surface area contributed by atoms with Gasteiger partial charge in [-0.25, -0.2) is 0 Å². The van der Waals surface area contributed by atoms with Crippen molar-refractivity contribution in [1.29, 1.82) is 10.5 Å². The molecule has 0 aliphatic heterocycles. The van der Waals surface area contributed by atoms with Crippen LogP contribution in [0.3, 0.4) is 0 Å². The quantitative estimate of drug-likeness (QED) is 0.634. The summed E-state index contributed by atoms with van der Waals surface area (Å²) in [6, 6.07) is 0. The average molecular weight is 194 g/mol. The van der Waals surface area contributed by atoms with Crippen molar-refractivity contribution in [2.45, 2.75) is 12.8 Å². The van der Waals surface area contributed by atoms with Crippen LogP contribution in [0.5, 0.6) is 0 Å². The Hall–Kier alpha value is -0.840. The van der Waals surface area contributed by atoms with Gasteiger partial charge in [0.25, 0.3) is 0 Å². The SMILES string of the molecule is N#CSC1=CC=C(SC#N)CC1. The second-order valence-electron chi connectivity index (χ2n) is 2.15. The van der Waals surface area contributed by atoms with Crippen LogP contribution >= 0.6 is 23.5 Å². The van der Waals surface area contributed by atoms with E-state index >= 15 is 0 Å². The van der Waals surface area contributed by atoms with Crippen LogP contribution in [-0.2, 0) is 0 Å². The van der Waals surface area contributed by atoms with E-state index in [1.165, 1.54) is 23.5 Å². The average Bonchev–Trinajstić information content (AvgIpc) is 2.09. The van der Waals surface area contributed by atoms with Crippen LogP contribution in [0.4, 0.5) is 0 Å². The molecule has 0 aromatic heterocycles. The van der Waals surface area contributed by atoms with E-state index in [0.29, 0.717) is 0 Å². The van der Waals surface area contributed by atoms with Crippen molar-refractivity contribution >= 4 is 23.5 Å². The fraction of sp³-hybridized carbons (Fsp3) is 0.250. The van der Waals surface area contributed by atoms with Gasteiger partial charge < -0.3 is 0 Å². The molecule has 0 spiro atoms. The highest BCUT2D eigenvalue weighted by molar-refractivity contribution is 8.07. The summed E-state index contributed by atoms with van der Waals surface area (Å²) in [5.41, 5.74) is 0. The topological polar surface area (TPSA) is 47.6 Å². The minimum absolute atomic E-state index is 0.888. The molecule has 0 heterocycles. The van der Waals surface area contributed by atoms with Crippen LogP contribution < -0.4 is 0 Å². The first-order chi connectivity index (χ1) is 5.86. The first-order valence-corrected chi connectivity index (χ1v) is 5.01.